The number of hydrogen-bond donors (Lipinski definition) is 2. The maximum absolute atomic E-state index is 9.00. The number of rotatable bonds is 6. The van der Waals surface area contributed by atoms with E-state index in [1.165, 1.54) is 12.8 Å². The van der Waals surface area contributed by atoms with E-state index < -0.39 is 0 Å². The molecule has 0 aromatic rings. The molecular weight excluding hydrogens is 138 g/mol. The second-order valence-corrected chi connectivity index (χ2v) is 3.15. The molecule has 0 rings (SSSR count). The minimum absolute atomic E-state index is 0.221. The average Bonchev–Trinajstić information content (AvgIpc) is 1.97. The third-order valence-corrected chi connectivity index (χ3v) is 1.83. The molecule has 2 heteroatoms. The van der Waals surface area contributed by atoms with Gasteiger partial charge in [0, 0.05) is 12.6 Å². The Morgan fingerprint density at radius 2 is 2.00 bits per heavy atom. The predicted octanol–water partition coefficient (Wildman–Crippen LogP) is 1.54. The van der Waals surface area contributed by atoms with E-state index in [1.54, 1.807) is 0 Å². The van der Waals surface area contributed by atoms with E-state index in [-0.39, 0.29) is 6.10 Å². The molecular formula is C9H21NO. The SMILES string of the molecule is CCCC(CC)NC[C@H](C)O. The van der Waals surface area contributed by atoms with E-state index in [4.69, 9.17) is 5.11 Å². The summed E-state index contributed by atoms with van der Waals surface area (Å²) in [5.41, 5.74) is 0. The minimum atomic E-state index is -0.221. The molecule has 0 aliphatic rings. The molecule has 0 aliphatic carbocycles. The number of nitrogens with one attached hydrogen (secondary N) is 1. The Morgan fingerprint density at radius 1 is 1.36 bits per heavy atom. The van der Waals surface area contributed by atoms with Gasteiger partial charge in [0.2, 0.25) is 0 Å². The molecule has 0 amide bonds. The maximum Gasteiger partial charge on any atom is 0.0636 e. The fourth-order valence-electron chi connectivity index (χ4n) is 1.14. The summed E-state index contributed by atoms with van der Waals surface area (Å²) in [5, 5.41) is 12.3. The van der Waals surface area contributed by atoms with E-state index >= 15 is 0 Å². The van der Waals surface area contributed by atoms with Gasteiger partial charge in [0.15, 0.2) is 0 Å². The average molecular weight is 159 g/mol. The van der Waals surface area contributed by atoms with Crippen LogP contribution in [0.5, 0.6) is 0 Å². The molecule has 0 radical (unpaired) electrons. The molecule has 0 saturated heterocycles. The van der Waals surface area contributed by atoms with Crippen molar-refractivity contribution in [3.63, 3.8) is 0 Å². The van der Waals surface area contributed by atoms with Gasteiger partial charge in [-0.2, -0.15) is 0 Å². The van der Waals surface area contributed by atoms with Crippen LogP contribution in [0.3, 0.4) is 0 Å². The lowest BCUT2D eigenvalue weighted by atomic mass is 10.1. The maximum atomic E-state index is 9.00. The molecule has 2 nitrogen and oxygen atoms in total. The Bertz CT molecular complexity index is 83.6. The van der Waals surface area contributed by atoms with Crippen molar-refractivity contribution in [3.8, 4) is 0 Å². The van der Waals surface area contributed by atoms with Crippen LogP contribution < -0.4 is 5.32 Å². The molecule has 0 saturated carbocycles. The highest BCUT2D eigenvalue weighted by Crippen LogP contribution is 2.00. The van der Waals surface area contributed by atoms with Crippen LogP contribution in [0.4, 0.5) is 0 Å². The van der Waals surface area contributed by atoms with Gasteiger partial charge in [-0.1, -0.05) is 20.3 Å². The highest BCUT2D eigenvalue weighted by Gasteiger charge is 2.04. The largest absolute Gasteiger partial charge is 0.392 e. The molecule has 2 atom stereocenters. The molecule has 11 heavy (non-hydrogen) atoms. The summed E-state index contributed by atoms with van der Waals surface area (Å²) in [4.78, 5) is 0. The molecule has 68 valence electrons. The van der Waals surface area contributed by atoms with Crippen molar-refractivity contribution in [2.75, 3.05) is 6.54 Å². The predicted molar refractivity (Wildman–Crippen MR) is 48.7 cm³/mol. The van der Waals surface area contributed by atoms with E-state index in [2.05, 4.69) is 19.2 Å². The lowest BCUT2D eigenvalue weighted by molar-refractivity contribution is 0.184. The topological polar surface area (TPSA) is 32.3 Å². The molecule has 2 N–H and O–H groups in total. The van der Waals surface area contributed by atoms with Gasteiger partial charge < -0.3 is 10.4 Å². The van der Waals surface area contributed by atoms with Gasteiger partial charge in [-0.3, -0.25) is 0 Å². The summed E-state index contributed by atoms with van der Waals surface area (Å²) in [7, 11) is 0. The number of aliphatic hydroxyl groups excluding tert-OH is 1. The Morgan fingerprint density at radius 3 is 2.36 bits per heavy atom. The van der Waals surface area contributed by atoms with Gasteiger partial charge in [0.1, 0.15) is 0 Å². The van der Waals surface area contributed by atoms with Crippen LogP contribution in [-0.2, 0) is 0 Å². The van der Waals surface area contributed by atoms with E-state index in [1.807, 2.05) is 6.92 Å². The Hall–Kier alpha value is -0.0800. The zero-order chi connectivity index (χ0) is 8.69. The van der Waals surface area contributed by atoms with Crippen molar-refractivity contribution in [3.05, 3.63) is 0 Å². The van der Waals surface area contributed by atoms with E-state index in [0.717, 1.165) is 13.0 Å². The van der Waals surface area contributed by atoms with Gasteiger partial charge >= 0.3 is 0 Å². The van der Waals surface area contributed by atoms with Crippen molar-refractivity contribution in [1.82, 2.24) is 5.32 Å². The van der Waals surface area contributed by atoms with Gasteiger partial charge in [-0.25, -0.2) is 0 Å². The van der Waals surface area contributed by atoms with E-state index in [0.29, 0.717) is 6.04 Å². The van der Waals surface area contributed by atoms with Crippen LogP contribution in [0.25, 0.3) is 0 Å². The first-order valence-electron chi connectivity index (χ1n) is 4.62. The minimum Gasteiger partial charge on any atom is -0.392 e. The van der Waals surface area contributed by atoms with Gasteiger partial charge in [-0.15, -0.1) is 0 Å². The third-order valence-electron chi connectivity index (χ3n) is 1.83. The third kappa shape index (κ3) is 6.32. The smallest absolute Gasteiger partial charge is 0.0636 e. The lowest BCUT2D eigenvalue weighted by Gasteiger charge is -2.16. The molecule has 0 aromatic heterocycles. The molecule has 1 unspecified atom stereocenters. The summed E-state index contributed by atoms with van der Waals surface area (Å²) in [6, 6.07) is 0.592. The number of hydrogen-bond acceptors (Lipinski definition) is 2. The summed E-state index contributed by atoms with van der Waals surface area (Å²) < 4.78 is 0. The van der Waals surface area contributed by atoms with Gasteiger partial charge in [0.05, 0.1) is 6.10 Å². The zero-order valence-electron chi connectivity index (χ0n) is 7.93. The Labute approximate surface area is 70.0 Å². The highest BCUT2D eigenvalue weighted by molar-refractivity contribution is 4.65. The monoisotopic (exact) mass is 159 g/mol. The lowest BCUT2D eigenvalue weighted by Crippen LogP contribution is -2.33. The quantitative estimate of drug-likeness (QED) is 0.616. The fraction of sp³-hybridized carbons (Fsp3) is 1.00. The number of aliphatic hydroxyl groups is 1. The highest BCUT2D eigenvalue weighted by atomic mass is 16.3. The van der Waals surface area contributed by atoms with Crippen molar-refractivity contribution in [2.24, 2.45) is 0 Å². The van der Waals surface area contributed by atoms with Crippen LogP contribution in [0, 0.1) is 0 Å². The molecule has 0 aromatic carbocycles. The van der Waals surface area contributed by atoms with Crippen LogP contribution in [0.15, 0.2) is 0 Å². The second-order valence-electron chi connectivity index (χ2n) is 3.15. The van der Waals surface area contributed by atoms with Crippen LogP contribution in [-0.4, -0.2) is 23.8 Å². The molecule has 0 fully saturated rings. The van der Waals surface area contributed by atoms with Crippen molar-refractivity contribution in [2.45, 2.75) is 52.2 Å². The first-order valence-corrected chi connectivity index (χ1v) is 4.62. The first-order chi connectivity index (χ1) is 5.20. The summed E-state index contributed by atoms with van der Waals surface area (Å²) in [6.45, 7) is 6.90. The van der Waals surface area contributed by atoms with Crippen LogP contribution >= 0.6 is 0 Å². The second kappa shape index (κ2) is 6.62. The first kappa shape index (κ1) is 10.9. The molecule has 0 heterocycles. The van der Waals surface area contributed by atoms with Crippen molar-refractivity contribution < 1.29 is 5.11 Å². The van der Waals surface area contributed by atoms with Gasteiger partial charge in [-0.05, 0) is 19.8 Å². The fourth-order valence-corrected chi connectivity index (χ4v) is 1.14. The Kier molecular flexibility index (Phi) is 6.57. The molecule has 0 bridgehead atoms. The molecule has 0 aliphatic heterocycles. The normalized spacial score (nSPS) is 16.4. The summed E-state index contributed by atoms with van der Waals surface area (Å²) >= 11 is 0. The standard InChI is InChI=1S/C9H21NO/c1-4-6-9(5-2)10-7-8(3)11/h8-11H,4-7H2,1-3H3/t8-,9?/m0/s1. The van der Waals surface area contributed by atoms with Crippen molar-refractivity contribution >= 4 is 0 Å². The zero-order valence-corrected chi connectivity index (χ0v) is 7.93. The van der Waals surface area contributed by atoms with Crippen LogP contribution in [0.2, 0.25) is 0 Å². The van der Waals surface area contributed by atoms with E-state index in [9.17, 15) is 0 Å². The van der Waals surface area contributed by atoms with Crippen LogP contribution in [0.1, 0.15) is 40.0 Å². The summed E-state index contributed by atoms with van der Waals surface area (Å²) in [5.74, 6) is 0. The van der Waals surface area contributed by atoms with Gasteiger partial charge in [0.25, 0.3) is 0 Å². The Balaban J connectivity index is 3.35. The molecule has 0 spiro atoms. The van der Waals surface area contributed by atoms with Crippen molar-refractivity contribution in [1.29, 1.82) is 0 Å². The summed E-state index contributed by atoms with van der Waals surface area (Å²) in [6.07, 6.45) is 3.36.